The monoisotopic (exact) mass is 436 g/mol. The molecule has 0 aliphatic carbocycles. The van der Waals surface area contributed by atoms with Gasteiger partial charge in [-0.15, -0.1) is 6.42 Å². The molecule has 2 rings (SSSR count). The number of rotatable bonds is 7. The second-order valence-corrected chi connectivity index (χ2v) is 15.8. The highest BCUT2D eigenvalue weighted by molar-refractivity contribution is 7.91. The maximum atomic E-state index is 12.7. The zero-order valence-electron chi connectivity index (χ0n) is 17.8. The van der Waals surface area contributed by atoms with Crippen molar-refractivity contribution in [2.24, 2.45) is 5.92 Å². The van der Waals surface area contributed by atoms with Gasteiger partial charge in [0.25, 0.3) is 0 Å². The first-order valence-electron chi connectivity index (χ1n) is 9.77. The first-order valence-corrected chi connectivity index (χ1v) is 14.3. The second-order valence-electron chi connectivity index (χ2n) is 8.95. The molecule has 0 spiro atoms. The summed E-state index contributed by atoms with van der Waals surface area (Å²) in [6, 6.07) is 8.17. The van der Waals surface area contributed by atoms with E-state index in [0.29, 0.717) is 6.61 Å². The zero-order chi connectivity index (χ0) is 21.9. The lowest BCUT2D eigenvalue weighted by Gasteiger charge is -2.38. The number of ether oxygens (including phenoxy) is 1. The smallest absolute Gasteiger partial charge is 0.192 e. The highest BCUT2D eigenvalue weighted by Crippen LogP contribution is 2.37. The molecule has 0 amide bonds. The first-order chi connectivity index (χ1) is 13.4. The maximum Gasteiger partial charge on any atom is 0.192 e. The topological polar surface area (TPSA) is 72.8 Å². The van der Waals surface area contributed by atoms with Gasteiger partial charge in [0.2, 0.25) is 0 Å². The second kappa shape index (κ2) is 9.15. The molecular weight excluding hydrogens is 404 g/mol. The van der Waals surface area contributed by atoms with Crippen LogP contribution in [0.4, 0.5) is 0 Å². The molecule has 0 bridgehead atoms. The van der Waals surface area contributed by atoms with Crippen molar-refractivity contribution in [3.05, 3.63) is 42.5 Å². The summed E-state index contributed by atoms with van der Waals surface area (Å²) in [5.41, 5.74) is 0. The van der Waals surface area contributed by atoms with Crippen LogP contribution in [-0.4, -0.2) is 52.5 Å². The number of aliphatic hydroxyl groups is 1. The summed E-state index contributed by atoms with van der Waals surface area (Å²) in [6.45, 7) is 11.1. The van der Waals surface area contributed by atoms with Crippen LogP contribution in [0.2, 0.25) is 18.1 Å². The largest absolute Gasteiger partial charge is 0.414 e. The van der Waals surface area contributed by atoms with Gasteiger partial charge in [-0.1, -0.05) is 57.0 Å². The van der Waals surface area contributed by atoms with E-state index in [0.717, 1.165) is 0 Å². The predicted molar refractivity (Wildman–Crippen MR) is 118 cm³/mol. The zero-order valence-corrected chi connectivity index (χ0v) is 19.6. The molecular formula is C22H32O5SSi. The van der Waals surface area contributed by atoms with Crippen molar-refractivity contribution < 1.29 is 22.7 Å². The normalized spacial score (nSPS) is 24.1. The van der Waals surface area contributed by atoms with Gasteiger partial charge >= 0.3 is 0 Å². The van der Waals surface area contributed by atoms with E-state index in [1.54, 1.807) is 30.4 Å². The average molecular weight is 437 g/mol. The van der Waals surface area contributed by atoms with E-state index in [4.69, 9.17) is 15.6 Å². The highest BCUT2D eigenvalue weighted by atomic mass is 32.2. The average Bonchev–Trinajstić information content (AvgIpc) is 2.65. The third-order valence-corrected chi connectivity index (χ3v) is 12.0. The molecule has 29 heavy (non-hydrogen) atoms. The Hall–Kier alpha value is -1.43. The fourth-order valence-electron chi connectivity index (χ4n) is 2.81. The van der Waals surface area contributed by atoms with E-state index >= 15 is 0 Å². The maximum absolute atomic E-state index is 12.7. The molecule has 7 heteroatoms. The molecule has 0 fully saturated rings. The molecule has 1 aliphatic heterocycles. The van der Waals surface area contributed by atoms with E-state index in [9.17, 15) is 13.5 Å². The summed E-state index contributed by atoms with van der Waals surface area (Å²) in [4.78, 5) is 0.207. The Balaban J connectivity index is 2.10. The molecule has 1 N–H and O–H groups in total. The number of benzene rings is 1. The minimum absolute atomic E-state index is 0.0649. The molecule has 3 unspecified atom stereocenters. The van der Waals surface area contributed by atoms with Crippen LogP contribution in [0.15, 0.2) is 47.4 Å². The van der Waals surface area contributed by atoms with Gasteiger partial charge in [-0.3, -0.25) is 0 Å². The number of hydrogen-bond donors (Lipinski definition) is 1. The Bertz CT molecular complexity index is 849. The molecule has 160 valence electrons. The summed E-state index contributed by atoms with van der Waals surface area (Å²) >= 11 is 0. The van der Waals surface area contributed by atoms with Gasteiger partial charge < -0.3 is 14.3 Å². The van der Waals surface area contributed by atoms with Crippen molar-refractivity contribution in [3.8, 4) is 12.3 Å². The lowest BCUT2D eigenvalue weighted by Crippen LogP contribution is -2.46. The summed E-state index contributed by atoms with van der Waals surface area (Å²) in [6.07, 6.45) is 6.86. The van der Waals surface area contributed by atoms with Crippen molar-refractivity contribution >= 4 is 18.2 Å². The Labute approximate surface area is 176 Å². The van der Waals surface area contributed by atoms with Crippen molar-refractivity contribution in [1.29, 1.82) is 0 Å². The minimum Gasteiger partial charge on any atom is -0.414 e. The van der Waals surface area contributed by atoms with Gasteiger partial charge in [0, 0.05) is 0 Å². The van der Waals surface area contributed by atoms with E-state index in [1.165, 1.54) is 12.1 Å². The quantitative estimate of drug-likeness (QED) is 0.403. The third kappa shape index (κ3) is 6.03. The molecule has 0 radical (unpaired) electrons. The molecule has 1 heterocycles. The van der Waals surface area contributed by atoms with E-state index in [1.807, 2.05) is 0 Å². The van der Waals surface area contributed by atoms with Gasteiger partial charge in [-0.05, 0) is 30.3 Å². The molecule has 4 atom stereocenters. The van der Waals surface area contributed by atoms with E-state index in [-0.39, 0.29) is 21.8 Å². The molecule has 1 aromatic carbocycles. The molecule has 0 saturated heterocycles. The molecule has 5 nitrogen and oxygen atoms in total. The lowest BCUT2D eigenvalue weighted by molar-refractivity contribution is -0.0827. The summed E-state index contributed by atoms with van der Waals surface area (Å²) in [5.74, 6) is 1.44. The van der Waals surface area contributed by atoms with Crippen LogP contribution in [0.25, 0.3) is 0 Å². The summed E-state index contributed by atoms with van der Waals surface area (Å²) in [7, 11) is -5.56. The van der Waals surface area contributed by atoms with Crippen LogP contribution in [0, 0.1) is 18.3 Å². The number of aliphatic hydroxyl groups excluding tert-OH is 1. The first kappa shape index (κ1) is 23.8. The van der Waals surface area contributed by atoms with Crippen LogP contribution in [0.1, 0.15) is 20.8 Å². The van der Waals surface area contributed by atoms with Crippen LogP contribution < -0.4 is 0 Å². The van der Waals surface area contributed by atoms with Gasteiger partial charge in [-0.25, -0.2) is 8.42 Å². The Morgan fingerprint density at radius 2 is 1.86 bits per heavy atom. The summed E-state index contributed by atoms with van der Waals surface area (Å²) in [5, 5.41) is 10.4. The van der Waals surface area contributed by atoms with Gasteiger partial charge in [-0.2, -0.15) is 0 Å². The predicted octanol–water partition coefficient (Wildman–Crippen LogP) is 3.42. The minimum atomic E-state index is -3.60. The molecule has 1 aromatic rings. The number of hydrogen-bond acceptors (Lipinski definition) is 5. The third-order valence-electron chi connectivity index (χ3n) is 5.72. The van der Waals surface area contributed by atoms with Gasteiger partial charge in [0.15, 0.2) is 18.2 Å². The standard InChI is InChI=1S/C22H32O5SSi/c1-7-17(16-28(24,25)19-11-9-8-10-12-19)21-20(23)14-13-18(27-21)15-26-29(5,6)22(2,3)4/h1,8-14,17-18,20-21,23H,15-16H2,2-6H3/t17-,18?,20?,21?/m0/s1. The lowest BCUT2D eigenvalue weighted by atomic mass is 9.97. The Morgan fingerprint density at radius 1 is 1.24 bits per heavy atom. The van der Waals surface area contributed by atoms with Gasteiger partial charge in [0.05, 0.1) is 35.4 Å². The number of terminal acetylenes is 1. The van der Waals surface area contributed by atoms with Crippen molar-refractivity contribution in [3.63, 3.8) is 0 Å². The number of sulfone groups is 1. The van der Waals surface area contributed by atoms with Crippen LogP contribution in [0.5, 0.6) is 0 Å². The molecule has 0 aromatic heterocycles. The van der Waals surface area contributed by atoms with Crippen LogP contribution >= 0.6 is 0 Å². The van der Waals surface area contributed by atoms with Crippen LogP contribution in [-0.2, 0) is 19.0 Å². The Morgan fingerprint density at radius 3 is 2.41 bits per heavy atom. The molecule has 1 aliphatic rings. The SMILES string of the molecule is C#C[C@@H](CS(=O)(=O)c1ccccc1)C1OC(CO[Si](C)(C)C(C)(C)C)C=CC1O. The summed E-state index contributed by atoms with van der Waals surface area (Å²) < 4.78 is 37.7. The van der Waals surface area contributed by atoms with Crippen molar-refractivity contribution in [1.82, 2.24) is 0 Å². The fraction of sp³-hybridized carbons (Fsp3) is 0.545. The van der Waals surface area contributed by atoms with Crippen LogP contribution in [0.3, 0.4) is 0 Å². The highest BCUT2D eigenvalue weighted by Gasteiger charge is 2.39. The van der Waals surface area contributed by atoms with Gasteiger partial charge in [0.1, 0.15) is 6.10 Å². The van der Waals surface area contributed by atoms with Crippen molar-refractivity contribution in [2.75, 3.05) is 12.4 Å². The van der Waals surface area contributed by atoms with E-state index < -0.39 is 36.3 Å². The van der Waals surface area contributed by atoms with Crippen molar-refractivity contribution in [2.45, 2.75) is 62.1 Å². The Kier molecular flexibility index (Phi) is 7.52. The fourth-order valence-corrected chi connectivity index (χ4v) is 5.34. The molecule has 0 saturated carbocycles. The van der Waals surface area contributed by atoms with E-state index in [2.05, 4.69) is 39.8 Å².